The fourth-order valence-electron chi connectivity index (χ4n) is 1.77. The lowest BCUT2D eigenvalue weighted by Gasteiger charge is -2.43. The molecule has 1 heterocycles. The van der Waals surface area contributed by atoms with Crippen LogP contribution in [-0.2, 0) is 0 Å². The van der Waals surface area contributed by atoms with Crippen LogP contribution >= 0.6 is 0 Å². The minimum Gasteiger partial charge on any atom is -0.327 e. The van der Waals surface area contributed by atoms with E-state index in [1.165, 1.54) is 0 Å². The molecule has 2 atom stereocenters. The second kappa shape index (κ2) is 3.35. The maximum Gasteiger partial charge on any atom is 0.0125 e. The van der Waals surface area contributed by atoms with Crippen LogP contribution in [-0.4, -0.2) is 29.6 Å². The van der Waals surface area contributed by atoms with Gasteiger partial charge in [0.15, 0.2) is 0 Å². The molecule has 12 heavy (non-hydrogen) atoms. The van der Waals surface area contributed by atoms with Gasteiger partial charge in [-0.05, 0) is 33.1 Å². The maximum atomic E-state index is 5.96. The Balaban J connectivity index is 2.51. The van der Waals surface area contributed by atoms with Crippen LogP contribution in [0.25, 0.3) is 0 Å². The zero-order valence-corrected chi connectivity index (χ0v) is 8.80. The van der Waals surface area contributed by atoms with Crippen molar-refractivity contribution in [3.8, 4) is 0 Å². The Kier molecular flexibility index (Phi) is 2.79. The van der Waals surface area contributed by atoms with Crippen molar-refractivity contribution in [2.24, 2.45) is 11.7 Å². The van der Waals surface area contributed by atoms with Crippen LogP contribution in [0, 0.1) is 5.92 Å². The molecule has 72 valence electrons. The highest BCUT2D eigenvalue weighted by Gasteiger charge is 2.29. The molecule has 0 amide bonds. The molecule has 0 aromatic rings. The van der Waals surface area contributed by atoms with Gasteiger partial charge in [0, 0.05) is 24.7 Å². The second-order valence-electron chi connectivity index (χ2n) is 5.05. The quantitative estimate of drug-likeness (QED) is 0.596. The average molecular weight is 170 g/mol. The van der Waals surface area contributed by atoms with Crippen molar-refractivity contribution in [1.29, 1.82) is 0 Å². The van der Waals surface area contributed by atoms with Gasteiger partial charge in [0.1, 0.15) is 0 Å². The van der Waals surface area contributed by atoms with Crippen LogP contribution in [0.2, 0.25) is 0 Å². The largest absolute Gasteiger partial charge is 0.327 e. The van der Waals surface area contributed by atoms with Gasteiger partial charge in [-0.1, -0.05) is 6.92 Å². The lowest BCUT2D eigenvalue weighted by molar-refractivity contribution is 0.0741. The highest BCUT2D eigenvalue weighted by molar-refractivity contribution is 4.86. The highest BCUT2D eigenvalue weighted by atomic mass is 15.2. The molecule has 0 aliphatic carbocycles. The summed E-state index contributed by atoms with van der Waals surface area (Å²) in [5, 5.41) is 0. The fraction of sp³-hybridized carbons (Fsp3) is 1.00. The van der Waals surface area contributed by atoms with Crippen molar-refractivity contribution in [3.05, 3.63) is 0 Å². The summed E-state index contributed by atoms with van der Waals surface area (Å²) < 4.78 is 0. The monoisotopic (exact) mass is 170 g/mol. The summed E-state index contributed by atoms with van der Waals surface area (Å²) in [6.45, 7) is 11.4. The van der Waals surface area contributed by atoms with Gasteiger partial charge in [0.2, 0.25) is 0 Å². The third-order valence-electron chi connectivity index (χ3n) is 2.92. The molecule has 0 unspecified atom stereocenters. The van der Waals surface area contributed by atoms with E-state index in [9.17, 15) is 0 Å². The molecule has 0 aromatic carbocycles. The van der Waals surface area contributed by atoms with Crippen molar-refractivity contribution < 1.29 is 0 Å². The van der Waals surface area contributed by atoms with Gasteiger partial charge in [-0.3, -0.25) is 4.90 Å². The molecule has 2 N–H and O–H groups in total. The van der Waals surface area contributed by atoms with Crippen LogP contribution in [0.4, 0.5) is 0 Å². The first kappa shape index (κ1) is 10.0. The van der Waals surface area contributed by atoms with Crippen molar-refractivity contribution in [1.82, 2.24) is 4.90 Å². The summed E-state index contributed by atoms with van der Waals surface area (Å²) >= 11 is 0. The number of hydrogen-bond acceptors (Lipinski definition) is 2. The summed E-state index contributed by atoms with van der Waals surface area (Å²) in [7, 11) is 0. The smallest absolute Gasteiger partial charge is 0.0125 e. The van der Waals surface area contributed by atoms with Gasteiger partial charge >= 0.3 is 0 Å². The molecule has 1 aliphatic heterocycles. The Morgan fingerprint density at radius 3 is 2.33 bits per heavy atom. The van der Waals surface area contributed by atoms with Crippen LogP contribution in [0.5, 0.6) is 0 Å². The first-order chi connectivity index (χ1) is 5.41. The molecule has 1 fully saturated rings. The Bertz CT molecular complexity index is 148. The van der Waals surface area contributed by atoms with E-state index in [0.29, 0.717) is 17.5 Å². The summed E-state index contributed by atoms with van der Waals surface area (Å²) in [5.74, 6) is 0.651. The Morgan fingerprint density at radius 2 is 1.92 bits per heavy atom. The van der Waals surface area contributed by atoms with Gasteiger partial charge in [-0.25, -0.2) is 0 Å². The Hall–Kier alpha value is -0.0800. The number of likely N-dealkylation sites (tertiary alicyclic amines) is 1. The third kappa shape index (κ3) is 2.20. The molecule has 1 saturated heterocycles. The molecule has 2 nitrogen and oxygen atoms in total. The highest BCUT2D eigenvalue weighted by Crippen LogP contribution is 2.22. The van der Waals surface area contributed by atoms with Crippen LogP contribution in [0.3, 0.4) is 0 Å². The molecule has 1 rings (SSSR count). The van der Waals surface area contributed by atoms with Crippen molar-refractivity contribution in [2.45, 2.75) is 45.7 Å². The molecule has 0 spiro atoms. The number of rotatable bonds is 0. The molecular weight excluding hydrogens is 148 g/mol. The van der Waals surface area contributed by atoms with E-state index in [-0.39, 0.29) is 0 Å². The van der Waals surface area contributed by atoms with E-state index in [0.717, 1.165) is 19.5 Å². The number of nitrogens with zero attached hydrogens (tertiary/aromatic N) is 1. The van der Waals surface area contributed by atoms with Gasteiger partial charge in [0.25, 0.3) is 0 Å². The number of nitrogens with two attached hydrogens (primary N) is 1. The zero-order valence-electron chi connectivity index (χ0n) is 8.80. The van der Waals surface area contributed by atoms with E-state index in [1.54, 1.807) is 0 Å². The van der Waals surface area contributed by atoms with Crippen LogP contribution < -0.4 is 5.73 Å². The molecule has 0 bridgehead atoms. The fourth-order valence-corrected chi connectivity index (χ4v) is 1.77. The number of piperidine rings is 1. The molecule has 0 aromatic heterocycles. The van der Waals surface area contributed by atoms with E-state index >= 15 is 0 Å². The second-order valence-corrected chi connectivity index (χ2v) is 5.05. The maximum absolute atomic E-state index is 5.96. The molecule has 0 radical (unpaired) electrons. The normalized spacial score (nSPS) is 33.8. The van der Waals surface area contributed by atoms with E-state index < -0.39 is 0 Å². The van der Waals surface area contributed by atoms with Gasteiger partial charge in [0.05, 0.1) is 0 Å². The lowest BCUT2D eigenvalue weighted by atomic mass is 9.91. The zero-order chi connectivity index (χ0) is 9.35. The predicted molar refractivity (Wildman–Crippen MR) is 53.1 cm³/mol. The van der Waals surface area contributed by atoms with Crippen molar-refractivity contribution >= 4 is 0 Å². The van der Waals surface area contributed by atoms with Gasteiger partial charge in [-0.15, -0.1) is 0 Å². The molecule has 2 heteroatoms. The van der Waals surface area contributed by atoms with Crippen molar-refractivity contribution in [2.75, 3.05) is 13.1 Å². The van der Waals surface area contributed by atoms with E-state index in [2.05, 4.69) is 32.6 Å². The van der Waals surface area contributed by atoms with Crippen LogP contribution in [0.1, 0.15) is 34.1 Å². The number of hydrogen-bond donors (Lipinski definition) is 1. The van der Waals surface area contributed by atoms with E-state index in [4.69, 9.17) is 5.73 Å². The van der Waals surface area contributed by atoms with Gasteiger partial charge in [-0.2, -0.15) is 0 Å². The van der Waals surface area contributed by atoms with E-state index in [1.807, 2.05) is 0 Å². The average Bonchev–Trinajstić information content (AvgIpc) is 1.92. The summed E-state index contributed by atoms with van der Waals surface area (Å²) in [6, 6.07) is 0.420. The Morgan fingerprint density at radius 1 is 1.33 bits per heavy atom. The molecule has 0 saturated carbocycles. The standard InChI is InChI=1S/C10H22N2/c1-8-7-12(10(2,3)4)6-5-9(8)11/h8-9H,5-7,11H2,1-4H3/t8-,9-/m0/s1. The first-order valence-corrected chi connectivity index (χ1v) is 4.92. The first-order valence-electron chi connectivity index (χ1n) is 4.92. The summed E-state index contributed by atoms with van der Waals surface area (Å²) in [6.07, 6.45) is 1.15. The van der Waals surface area contributed by atoms with Crippen LogP contribution in [0.15, 0.2) is 0 Å². The summed E-state index contributed by atoms with van der Waals surface area (Å²) in [4.78, 5) is 2.53. The topological polar surface area (TPSA) is 29.3 Å². The molecule has 1 aliphatic rings. The molecular formula is C10H22N2. The minimum atomic E-state index is 0.314. The van der Waals surface area contributed by atoms with Gasteiger partial charge < -0.3 is 5.73 Å². The Labute approximate surface area is 76.1 Å². The minimum absolute atomic E-state index is 0.314. The summed E-state index contributed by atoms with van der Waals surface area (Å²) in [5.41, 5.74) is 6.27. The predicted octanol–water partition coefficient (Wildman–Crippen LogP) is 1.45. The third-order valence-corrected chi connectivity index (χ3v) is 2.92. The SMILES string of the molecule is C[C@H]1CN(C(C)(C)C)CC[C@@H]1N. The lowest BCUT2D eigenvalue weighted by Crippen LogP contribution is -2.52. The van der Waals surface area contributed by atoms with Crippen molar-refractivity contribution in [3.63, 3.8) is 0 Å².